The van der Waals surface area contributed by atoms with E-state index in [1.807, 2.05) is 6.07 Å². The van der Waals surface area contributed by atoms with Crippen molar-refractivity contribution >= 4 is 33.1 Å². The number of nitrogens with two attached hydrogens (primary N) is 2. The summed E-state index contributed by atoms with van der Waals surface area (Å²) in [7, 11) is -2.22. The summed E-state index contributed by atoms with van der Waals surface area (Å²) in [6.45, 7) is 4.95. The van der Waals surface area contributed by atoms with Gasteiger partial charge >= 0.3 is 0 Å². The maximum Gasteiger partial charge on any atom is 0.188 e. The van der Waals surface area contributed by atoms with E-state index >= 15 is 0 Å². The molecule has 158 valence electrons. The molecule has 9 heteroatoms. The number of hydrogen-bond acceptors (Lipinski definition) is 7. The molecule has 0 amide bonds. The van der Waals surface area contributed by atoms with Gasteiger partial charge in [-0.15, -0.1) is 0 Å². The van der Waals surface area contributed by atoms with Crippen molar-refractivity contribution in [1.29, 1.82) is 0 Å². The van der Waals surface area contributed by atoms with Gasteiger partial charge in [-0.3, -0.25) is 9.39 Å². The third kappa shape index (κ3) is 3.88. The summed E-state index contributed by atoms with van der Waals surface area (Å²) in [6.07, 6.45) is 7.75. The van der Waals surface area contributed by atoms with Crippen LogP contribution in [0.3, 0.4) is 0 Å². The van der Waals surface area contributed by atoms with Crippen molar-refractivity contribution < 1.29 is 13.2 Å². The van der Waals surface area contributed by atoms with Crippen molar-refractivity contribution in [2.75, 3.05) is 12.8 Å². The molecular weight excluding hydrogens is 402 g/mol. The number of aromatic nitrogens is 2. The summed E-state index contributed by atoms with van der Waals surface area (Å²) in [5.41, 5.74) is 14.5. The molecule has 0 bridgehead atoms. The molecule has 3 aromatic rings. The van der Waals surface area contributed by atoms with Crippen LogP contribution in [0.15, 0.2) is 58.8 Å². The quantitative estimate of drug-likeness (QED) is 0.475. The van der Waals surface area contributed by atoms with Crippen LogP contribution >= 0.6 is 0 Å². The highest BCUT2D eigenvalue weighted by molar-refractivity contribution is 7.92. The minimum atomic E-state index is -3.66. The van der Waals surface area contributed by atoms with Crippen LogP contribution in [0.25, 0.3) is 16.9 Å². The van der Waals surface area contributed by atoms with Gasteiger partial charge in [-0.2, -0.15) is 0 Å². The fourth-order valence-electron chi connectivity index (χ4n) is 2.93. The first-order valence-corrected chi connectivity index (χ1v) is 10.7. The zero-order chi connectivity index (χ0) is 22.1. The van der Waals surface area contributed by atoms with E-state index in [2.05, 4.69) is 9.98 Å². The van der Waals surface area contributed by atoms with E-state index in [1.165, 1.54) is 13.3 Å². The molecule has 3 rings (SSSR count). The van der Waals surface area contributed by atoms with Crippen LogP contribution in [0.5, 0.6) is 5.75 Å². The van der Waals surface area contributed by atoms with Gasteiger partial charge in [0, 0.05) is 29.7 Å². The Balaban J connectivity index is 2.24. The van der Waals surface area contributed by atoms with Gasteiger partial charge in [0.2, 0.25) is 0 Å². The van der Waals surface area contributed by atoms with Gasteiger partial charge < -0.3 is 16.2 Å². The standard InChI is InChI=1S/C21H25N5O3S/c1-21(2,3)30(27,28)19-13-26-17(12-25-20(26)11-18(19)29-4)14-8-15(23)10-16(9-14)24-7-5-6-22/h5-13H,22-23H2,1-4H3/b6-5-,24-7?. The highest BCUT2D eigenvalue weighted by atomic mass is 32.2. The number of nitrogen functional groups attached to an aromatic ring is 1. The Kier molecular flexibility index (Phi) is 5.58. The molecule has 0 aliphatic rings. The molecule has 0 spiro atoms. The first kappa shape index (κ1) is 21.4. The van der Waals surface area contributed by atoms with Crippen LogP contribution in [-0.2, 0) is 9.84 Å². The Morgan fingerprint density at radius 2 is 1.93 bits per heavy atom. The number of imidazole rings is 1. The highest BCUT2D eigenvalue weighted by Crippen LogP contribution is 2.35. The summed E-state index contributed by atoms with van der Waals surface area (Å²) >= 11 is 0. The van der Waals surface area contributed by atoms with E-state index in [0.717, 1.165) is 5.56 Å². The molecular formula is C21H25N5O3S. The molecule has 2 aromatic heterocycles. The van der Waals surface area contributed by atoms with E-state index < -0.39 is 14.6 Å². The second-order valence-corrected chi connectivity index (χ2v) is 10.3. The number of fused-ring (bicyclic) bond motifs is 1. The number of rotatable bonds is 5. The predicted molar refractivity (Wildman–Crippen MR) is 120 cm³/mol. The van der Waals surface area contributed by atoms with Crippen molar-refractivity contribution in [1.82, 2.24) is 9.38 Å². The summed E-state index contributed by atoms with van der Waals surface area (Å²) in [4.78, 5) is 8.81. The Labute approximate surface area is 175 Å². The molecule has 0 unspecified atom stereocenters. The number of benzene rings is 1. The monoisotopic (exact) mass is 427 g/mol. The molecule has 4 N–H and O–H groups in total. The fraction of sp³-hybridized carbons (Fsp3) is 0.238. The SMILES string of the molecule is COc1cc2ncc(-c3cc(N)cc(N=C/C=C\N)c3)n2cc1S(=O)(=O)C(C)(C)C. The molecule has 0 radical (unpaired) electrons. The number of methoxy groups -OCH3 is 1. The third-order valence-electron chi connectivity index (χ3n) is 4.55. The topological polar surface area (TPSA) is 125 Å². The van der Waals surface area contributed by atoms with Gasteiger partial charge in [0.05, 0.1) is 29.4 Å². The number of pyridine rings is 1. The maximum atomic E-state index is 13.1. The van der Waals surface area contributed by atoms with E-state index in [0.29, 0.717) is 22.7 Å². The van der Waals surface area contributed by atoms with Crippen LogP contribution in [0, 0.1) is 0 Å². The molecule has 30 heavy (non-hydrogen) atoms. The first-order valence-electron chi connectivity index (χ1n) is 9.20. The lowest BCUT2D eigenvalue weighted by atomic mass is 10.1. The molecule has 8 nitrogen and oxygen atoms in total. The molecule has 2 heterocycles. The van der Waals surface area contributed by atoms with Gasteiger partial charge in [-0.25, -0.2) is 13.4 Å². The Hall–Kier alpha value is -3.33. The molecule has 0 atom stereocenters. The van der Waals surface area contributed by atoms with Crippen LogP contribution in [0.4, 0.5) is 11.4 Å². The zero-order valence-corrected chi connectivity index (χ0v) is 18.1. The third-order valence-corrected chi connectivity index (χ3v) is 7.05. The molecule has 1 aromatic carbocycles. The van der Waals surface area contributed by atoms with Gasteiger partial charge in [-0.05, 0) is 51.2 Å². The van der Waals surface area contributed by atoms with Crippen molar-refractivity contribution in [3.8, 4) is 17.0 Å². The normalized spacial score (nSPS) is 12.9. The Bertz CT molecular complexity index is 1250. The van der Waals surface area contributed by atoms with Crippen LogP contribution in [-0.4, -0.2) is 35.9 Å². The van der Waals surface area contributed by atoms with E-state index in [1.54, 1.807) is 68.1 Å². The van der Waals surface area contributed by atoms with Gasteiger partial charge in [-0.1, -0.05) is 0 Å². The molecule has 0 fully saturated rings. The summed E-state index contributed by atoms with van der Waals surface area (Å²) in [5.74, 6) is 0.251. The van der Waals surface area contributed by atoms with Crippen molar-refractivity contribution in [2.24, 2.45) is 10.7 Å². The van der Waals surface area contributed by atoms with Crippen molar-refractivity contribution in [3.05, 3.63) is 48.9 Å². The van der Waals surface area contributed by atoms with Crippen molar-refractivity contribution in [3.63, 3.8) is 0 Å². The lowest BCUT2D eigenvalue weighted by molar-refractivity contribution is 0.401. The lowest BCUT2D eigenvalue weighted by Crippen LogP contribution is -2.28. The number of nitrogens with zero attached hydrogens (tertiary/aromatic N) is 3. The number of hydrogen-bond donors (Lipinski definition) is 2. The Morgan fingerprint density at radius 3 is 2.57 bits per heavy atom. The van der Waals surface area contributed by atoms with E-state index in [9.17, 15) is 8.42 Å². The molecule has 0 aliphatic carbocycles. The van der Waals surface area contributed by atoms with Crippen LogP contribution in [0.1, 0.15) is 20.8 Å². The lowest BCUT2D eigenvalue weighted by Gasteiger charge is -2.21. The fourth-order valence-corrected chi connectivity index (χ4v) is 4.24. The minimum absolute atomic E-state index is 0.0967. The zero-order valence-electron chi connectivity index (χ0n) is 17.3. The average molecular weight is 428 g/mol. The van der Waals surface area contributed by atoms with Crippen LogP contribution in [0.2, 0.25) is 0 Å². The predicted octanol–water partition coefficient (Wildman–Crippen LogP) is 3.34. The number of ether oxygens (including phenoxy) is 1. The first-order chi connectivity index (χ1) is 14.1. The number of sulfone groups is 1. The molecule has 0 saturated carbocycles. The second-order valence-electron chi connectivity index (χ2n) is 7.67. The van der Waals surface area contributed by atoms with Crippen LogP contribution < -0.4 is 16.2 Å². The van der Waals surface area contributed by atoms with E-state index in [4.69, 9.17) is 16.2 Å². The number of anilines is 1. The largest absolute Gasteiger partial charge is 0.495 e. The minimum Gasteiger partial charge on any atom is -0.495 e. The summed E-state index contributed by atoms with van der Waals surface area (Å²) < 4.78 is 32.3. The van der Waals surface area contributed by atoms with Gasteiger partial charge in [0.15, 0.2) is 9.84 Å². The van der Waals surface area contributed by atoms with Gasteiger partial charge in [0.25, 0.3) is 0 Å². The molecule has 0 aliphatic heterocycles. The Morgan fingerprint density at radius 1 is 1.20 bits per heavy atom. The number of aliphatic imine (C=N–C) groups is 1. The summed E-state index contributed by atoms with van der Waals surface area (Å²) in [5, 5.41) is 0. The molecule has 0 saturated heterocycles. The van der Waals surface area contributed by atoms with Gasteiger partial charge in [0.1, 0.15) is 16.3 Å². The summed E-state index contributed by atoms with van der Waals surface area (Å²) in [6, 6.07) is 6.96. The average Bonchev–Trinajstić information content (AvgIpc) is 3.08. The smallest absolute Gasteiger partial charge is 0.188 e. The number of allylic oxidation sites excluding steroid dienone is 1. The second kappa shape index (κ2) is 7.83. The van der Waals surface area contributed by atoms with E-state index in [-0.39, 0.29) is 10.6 Å². The van der Waals surface area contributed by atoms with Crippen molar-refractivity contribution in [2.45, 2.75) is 30.4 Å². The highest BCUT2D eigenvalue weighted by Gasteiger charge is 2.34. The maximum absolute atomic E-state index is 13.1.